The number of aromatic amines is 1. The van der Waals surface area contributed by atoms with Crippen molar-refractivity contribution in [3.05, 3.63) is 69.6 Å². The van der Waals surface area contributed by atoms with Crippen molar-refractivity contribution in [3.8, 4) is 5.69 Å². The Kier molecular flexibility index (Phi) is 5.35. The average Bonchev–Trinajstić information content (AvgIpc) is 3.30. The third-order valence-corrected chi connectivity index (χ3v) is 5.46. The van der Waals surface area contributed by atoms with Crippen molar-refractivity contribution in [3.63, 3.8) is 0 Å². The molecule has 1 unspecified atom stereocenters. The van der Waals surface area contributed by atoms with E-state index in [0.29, 0.717) is 17.9 Å². The Hall–Kier alpha value is -3.13. The molecule has 2 aromatic heterocycles. The summed E-state index contributed by atoms with van der Waals surface area (Å²) < 4.78 is 5.93. The first kappa shape index (κ1) is 19.2. The van der Waals surface area contributed by atoms with Gasteiger partial charge in [-0.25, -0.2) is 9.78 Å². The van der Waals surface area contributed by atoms with Gasteiger partial charge in [0.15, 0.2) is 0 Å². The fourth-order valence-electron chi connectivity index (χ4n) is 3.68. The highest BCUT2D eigenvalue weighted by molar-refractivity contribution is 6.33. The lowest BCUT2D eigenvalue weighted by Crippen LogP contribution is -2.36. The molecule has 8 nitrogen and oxygen atoms in total. The van der Waals surface area contributed by atoms with Crippen LogP contribution in [0, 0.1) is 0 Å². The summed E-state index contributed by atoms with van der Waals surface area (Å²) in [6, 6.07) is 6.62. The van der Waals surface area contributed by atoms with Gasteiger partial charge in [0.25, 0.3) is 5.56 Å². The molecule has 3 aromatic rings. The summed E-state index contributed by atoms with van der Waals surface area (Å²) in [5, 5.41) is 4.37. The molecule has 9 heteroatoms. The van der Waals surface area contributed by atoms with Crippen LogP contribution in [0.25, 0.3) is 5.69 Å². The monoisotopic (exact) mass is 413 g/mol. The van der Waals surface area contributed by atoms with Crippen molar-refractivity contribution in [2.45, 2.75) is 18.8 Å². The van der Waals surface area contributed by atoms with Gasteiger partial charge in [-0.2, -0.15) is 9.78 Å². The minimum absolute atomic E-state index is 0.0692. The van der Waals surface area contributed by atoms with Gasteiger partial charge in [0.1, 0.15) is 10.8 Å². The first-order chi connectivity index (χ1) is 14.1. The number of hydrogen-bond donors (Lipinski definition) is 1. The summed E-state index contributed by atoms with van der Waals surface area (Å²) in [6.45, 7) is 1.47. The highest BCUT2D eigenvalue weighted by atomic mass is 35.5. The summed E-state index contributed by atoms with van der Waals surface area (Å²) in [4.78, 5) is 34.6. The summed E-state index contributed by atoms with van der Waals surface area (Å²) in [7, 11) is 1.29. The summed E-state index contributed by atoms with van der Waals surface area (Å²) in [5.41, 5.74) is 0.662. The number of para-hydroxylation sites is 1. The number of imidazole rings is 1. The van der Waals surface area contributed by atoms with E-state index in [0.717, 1.165) is 29.9 Å². The molecule has 1 aliphatic heterocycles. The number of aromatic nitrogens is 4. The van der Waals surface area contributed by atoms with Gasteiger partial charge in [-0.15, -0.1) is 0 Å². The van der Waals surface area contributed by atoms with Crippen molar-refractivity contribution in [1.82, 2.24) is 19.7 Å². The Balaban J connectivity index is 1.69. The number of carbonyl (C=O) groups excluding carboxylic acids is 1. The Labute approximate surface area is 172 Å². The maximum Gasteiger partial charge on any atom is 0.340 e. The fourth-order valence-corrected chi connectivity index (χ4v) is 3.93. The molecular weight excluding hydrogens is 394 g/mol. The quantitative estimate of drug-likeness (QED) is 0.661. The molecule has 3 heterocycles. The van der Waals surface area contributed by atoms with Gasteiger partial charge in [0.2, 0.25) is 0 Å². The lowest BCUT2D eigenvalue weighted by molar-refractivity contribution is 0.0600. The molecule has 0 radical (unpaired) electrons. The number of rotatable bonds is 4. The van der Waals surface area contributed by atoms with Gasteiger partial charge in [0.05, 0.1) is 30.2 Å². The molecule has 0 saturated carbocycles. The van der Waals surface area contributed by atoms with E-state index in [2.05, 4.69) is 20.0 Å². The van der Waals surface area contributed by atoms with Crippen molar-refractivity contribution >= 4 is 23.3 Å². The molecule has 4 rings (SSSR count). The maximum atomic E-state index is 13.0. The number of hydrogen-bond acceptors (Lipinski definition) is 6. The van der Waals surface area contributed by atoms with Crippen LogP contribution in [0.2, 0.25) is 5.02 Å². The molecule has 0 amide bonds. The highest BCUT2D eigenvalue weighted by Gasteiger charge is 2.26. The highest BCUT2D eigenvalue weighted by Crippen LogP contribution is 2.30. The zero-order chi connectivity index (χ0) is 20.4. The number of nitrogens with one attached hydrogen (secondary N) is 1. The molecule has 0 bridgehead atoms. The first-order valence-electron chi connectivity index (χ1n) is 9.30. The second-order valence-electron chi connectivity index (χ2n) is 6.83. The average molecular weight is 414 g/mol. The largest absolute Gasteiger partial charge is 0.465 e. The van der Waals surface area contributed by atoms with Crippen molar-refractivity contribution in [1.29, 1.82) is 0 Å². The minimum atomic E-state index is -0.549. The lowest BCUT2D eigenvalue weighted by Gasteiger charge is -2.33. The number of esters is 1. The standard InChI is InChI=1S/C20H20ClN5O3/c1-29-20(28)14-6-2-3-7-15(14)26-19(27)17(21)16(11-24-26)25-10-4-5-13(12-25)18-22-8-9-23-18/h2-3,6-9,11,13H,4-5,10,12H2,1H3,(H,22,23). The third-order valence-electron chi connectivity index (χ3n) is 5.11. The van der Waals surface area contributed by atoms with Crippen molar-refractivity contribution in [2.24, 2.45) is 0 Å². The van der Waals surface area contributed by atoms with Crippen LogP contribution in [0.1, 0.15) is 34.9 Å². The number of H-pyrrole nitrogens is 1. The first-order valence-corrected chi connectivity index (χ1v) is 9.67. The number of nitrogens with zero attached hydrogens (tertiary/aromatic N) is 4. The van der Waals surface area contributed by atoms with Gasteiger partial charge < -0.3 is 14.6 Å². The summed E-state index contributed by atoms with van der Waals surface area (Å²) in [5.74, 6) is 0.614. The van der Waals surface area contributed by atoms with Crippen LogP contribution in [0.4, 0.5) is 5.69 Å². The normalized spacial score (nSPS) is 16.6. The molecular formula is C20H20ClN5O3. The molecule has 1 saturated heterocycles. The molecule has 0 aliphatic carbocycles. The summed E-state index contributed by atoms with van der Waals surface area (Å²) in [6.07, 6.45) is 7.09. The van der Waals surface area contributed by atoms with Gasteiger partial charge in [-0.3, -0.25) is 4.79 Å². The van der Waals surface area contributed by atoms with Crippen LogP contribution >= 0.6 is 11.6 Å². The molecule has 1 N–H and O–H groups in total. The molecule has 150 valence electrons. The predicted octanol–water partition coefficient (Wildman–Crippen LogP) is 2.78. The second-order valence-corrected chi connectivity index (χ2v) is 7.21. The van der Waals surface area contributed by atoms with Crippen LogP contribution in [-0.4, -0.2) is 45.9 Å². The van der Waals surface area contributed by atoms with E-state index in [4.69, 9.17) is 16.3 Å². The zero-order valence-corrected chi connectivity index (χ0v) is 16.6. The van der Waals surface area contributed by atoms with Crippen LogP contribution in [0.5, 0.6) is 0 Å². The summed E-state index contributed by atoms with van der Waals surface area (Å²) >= 11 is 6.47. The van der Waals surface area contributed by atoms with Gasteiger partial charge >= 0.3 is 5.97 Å². The second kappa shape index (κ2) is 8.08. The van der Waals surface area contributed by atoms with E-state index in [9.17, 15) is 9.59 Å². The van der Waals surface area contributed by atoms with Crippen LogP contribution in [0.15, 0.2) is 47.7 Å². The van der Waals surface area contributed by atoms with E-state index >= 15 is 0 Å². The molecule has 1 atom stereocenters. The maximum absolute atomic E-state index is 13.0. The number of piperidine rings is 1. The van der Waals surface area contributed by atoms with Crippen molar-refractivity contribution < 1.29 is 9.53 Å². The Morgan fingerprint density at radius 3 is 2.90 bits per heavy atom. The third kappa shape index (κ3) is 3.63. The molecule has 1 aliphatic rings. The number of ether oxygens (including phenoxy) is 1. The lowest BCUT2D eigenvalue weighted by atomic mass is 9.97. The van der Waals surface area contributed by atoms with E-state index < -0.39 is 11.5 Å². The zero-order valence-electron chi connectivity index (χ0n) is 15.8. The van der Waals surface area contributed by atoms with Gasteiger partial charge in [-0.05, 0) is 25.0 Å². The van der Waals surface area contributed by atoms with E-state index in [1.807, 2.05) is 6.20 Å². The van der Waals surface area contributed by atoms with Crippen molar-refractivity contribution in [2.75, 3.05) is 25.1 Å². The van der Waals surface area contributed by atoms with E-state index in [1.54, 1.807) is 36.7 Å². The van der Waals surface area contributed by atoms with E-state index in [-0.39, 0.29) is 16.5 Å². The Bertz CT molecular complexity index is 1080. The predicted molar refractivity (Wildman–Crippen MR) is 109 cm³/mol. The number of halogens is 1. The molecule has 1 aromatic carbocycles. The number of carbonyl (C=O) groups is 1. The van der Waals surface area contributed by atoms with Crippen LogP contribution in [-0.2, 0) is 4.74 Å². The molecule has 29 heavy (non-hydrogen) atoms. The minimum Gasteiger partial charge on any atom is -0.465 e. The topological polar surface area (TPSA) is 93.1 Å². The van der Waals surface area contributed by atoms with Crippen LogP contribution in [0.3, 0.4) is 0 Å². The molecule has 1 fully saturated rings. The SMILES string of the molecule is COC(=O)c1ccccc1-n1ncc(N2CCCC(c3ncc[nH]3)C2)c(Cl)c1=O. The smallest absolute Gasteiger partial charge is 0.340 e. The van der Waals surface area contributed by atoms with Gasteiger partial charge in [0, 0.05) is 31.4 Å². The fraction of sp³-hybridized carbons (Fsp3) is 0.300. The number of benzene rings is 1. The Morgan fingerprint density at radius 1 is 1.31 bits per heavy atom. The van der Waals surface area contributed by atoms with Gasteiger partial charge in [-0.1, -0.05) is 23.7 Å². The van der Waals surface area contributed by atoms with E-state index in [1.165, 1.54) is 7.11 Å². The number of anilines is 1. The van der Waals surface area contributed by atoms with Crippen LogP contribution < -0.4 is 10.5 Å². The molecule has 0 spiro atoms. The Morgan fingerprint density at radius 2 is 2.14 bits per heavy atom. The number of methoxy groups -OCH3 is 1.